The van der Waals surface area contributed by atoms with Gasteiger partial charge in [0.15, 0.2) is 0 Å². The van der Waals surface area contributed by atoms with Crippen LogP contribution in [-0.4, -0.2) is 24.5 Å². The first-order valence-electron chi connectivity index (χ1n) is 6.80. The zero-order chi connectivity index (χ0) is 15.1. The van der Waals surface area contributed by atoms with E-state index in [1.54, 1.807) is 13.0 Å². The van der Waals surface area contributed by atoms with Crippen molar-refractivity contribution in [3.63, 3.8) is 0 Å². The molecular formula is C14H22N2O3S. The second-order valence-corrected chi connectivity index (χ2v) is 5.88. The summed E-state index contributed by atoms with van der Waals surface area (Å²) >= 11 is 1.36. The van der Waals surface area contributed by atoms with Crippen LogP contribution in [0.5, 0.6) is 0 Å². The Hall–Kier alpha value is -1.40. The van der Waals surface area contributed by atoms with E-state index in [1.165, 1.54) is 11.3 Å². The lowest BCUT2D eigenvalue weighted by Gasteiger charge is -2.10. The second kappa shape index (κ2) is 8.01. The predicted octanol–water partition coefficient (Wildman–Crippen LogP) is 2.69. The molecule has 5 nitrogen and oxygen atoms in total. The monoisotopic (exact) mass is 298 g/mol. The van der Waals surface area contributed by atoms with Crippen molar-refractivity contribution in [1.29, 1.82) is 0 Å². The molecule has 1 amide bonds. The summed E-state index contributed by atoms with van der Waals surface area (Å²) in [6.07, 6.45) is 2.01. The molecular weight excluding hydrogens is 276 g/mol. The molecule has 0 fully saturated rings. The number of anilines is 1. The summed E-state index contributed by atoms with van der Waals surface area (Å²) in [4.78, 5) is 24.6. The lowest BCUT2D eigenvalue weighted by Crippen LogP contribution is -2.27. The van der Waals surface area contributed by atoms with Crippen LogP contribution in [-0.2, 0) is 9.53 Å². The number of carbonyl (C=O) groups excluding carboxylic acids is 2. The number of carbonyl (C=O) groups is 2. The molecule has 0 aliphatic carbocycles. The van der Waals surface area contributed by atoms with Gasteiger partial charge >= 0.3 is 5.97 Å². The molecule has 0 saturated carbocycles. The second-order valence-electron chi connectivity index (χ2n) is 4.62. The Morgan fingerprint density at radius 3 is 2.75 bits per heavy atom. The highest BCUT2D eigenvalue weighted by Gasteiger charge is 2.18. The van der Waals surface area contributed by atoms with Gasteiger partial charge in [0, 0.05) is 17.3 Å². The average molecular weight is 298 g/mol. The molecule has 1 heterocycles. The Bertz CT molecular complexity index is 471. The maximum atomic E-state index is 11.9. The fraction of sp³-hybridized carbons (Fsp3) is 0.571. The molecule has 0 aromatic carbocycles. The quantitative estimate of drug-likeness (QED) is 0.758. The summed E-state index contributed by atoms with van der Waals surface area (Å²) in [5.41, 5.74) is 6.25. The van der Waals surface area contributed by atoms with Gasteiger partial charge in [0.1, 0.15) is 5.00 Å². The van der Waals surface area contributed by atoms with Crippen molar-refractivity contribution in [1.82, 2.24) is 0 Å². The molecule has 0 spiro atoms. The van der Waals surface area contributed by atoms with Crippen LogP contribution >= 0.6 is 11.3 Å². The van der Waals surface area contributed by atoms with Gasteiger partial charge in [0.2, 0.25) is 5.91 Å². The fourth-order valence-corrected chi connectivity index (χ4v) is 2.77. The smallest absolute Gasteiger partial charge is 0.341 e. The summed E-state index contributed by atoms with van der Waals surface area (Å²) in [5.74, 6) is -0.580. The number of hydrogen-bond donors (Lipinski definition) is 2. The van der Waals surface area contributed by atoms with E-state index in [2.05, 4.69) is 5.32 Å². The molecule has 1 aromatic rings. The lowest BCUT2D eigenvalue weighted by atomic mass is 10.1. The third-order valence-corrected chi connectivity index (χ3v) is 3.68. The average Bonchev–Trinajstić information content (AvgIpc) is 2.70. The largest absolute Gasteiger partial charge is 0.462 e. The van der Waals surface area contributed by atoms with E-state index in [1.807, 2.05) is 13.8 Å². The zero-order valence-corrected chi connectivity index (χ0v) is 13.0. The number of aryl methyl sites for hydroxylation is 1. The third kappa shape index (κ3) is 4.94. The number of esters is 1. The van der Waals surface area contributed by atoms with Crippen molar-refractivity contribution in [2.45, 2.75) is 46.1 Å². The molecule has 1 aromatic heterocycles. The highest BCUT2D eigenvalue weighted by molar-refractivity contribution is 7.16. The maximum Gasteiger partial charge on any atom is 0.341 e. The number of nitrogens with two attached hydrogens (primary N) is 1. The van der Waals surface area contributed by atoms with Crippen LogP contribution in [0.25, 0.3) is 0 Å². The van der Waals surface area contributed by atoms with Crippen molar-refractivity contribution >= 4 is 28.2 Å². The minimum absolute atomic E-state index is 0.146. The molecule has 0 bridgehead atoms. The number of rotatable bonds is 7. The molecule has 112 valence electrons. The molecule has 6 heteroatoms. The number of amides is 1. The van der Waals surface area contributed by atoms with Gasteiger partial charge in [-0.3, -0.25) is 4.79 Å². The Kier molecular flexibility index (Phi) is 6.67. The number of thiophene rings is 1. The van der Waals surface area contributed by atoms with E-state index >= 15 is 0 Å². The van der Waals surface area contributed by atoms with Crippen molar-refractivity contribution in [3.05, 3.63) is 16.5 Å². The van der Waals surface area contributed by atoms with Crippen molar-refractivity contribution in [3.8, 4) is 0 Å². The van der Waals surface area contributed by atoms with Crippen LogP contribution in [0.3, 0.4) is 0 Å². The topological polar surface area (TPSA) is 81.4 Å². The van der Waals surface area contributed by atoms with Crippen molar-refractivity contribution in [2.24, 2.45) is 5.73 Å². The first-order valence-corrected chi connectivity index (χ1v) is 7.62. The van der Waals surface area contributed by atoms with Crippen LogP contribution in [0.2, 0.25) is 0 Å². The highest BCUT2D eigenvalue weighted by Crippen LogP contribution is 2.28. The molecule has 3 N–H and O–H groups in total. The zero-order valence-electron chi connectivity index (χ0n) is 12.2. The minimum atomic E-state index is -0.412. The minimum Gasteiger partial charge on any atom is -0.462 e. The van der Waals surface area contributed by atoms with Crippen LogP contribution in [0, 0.1) is 6.92 Å². The van der Waals surface area contributed by atoms with Crippen molar-refractivity contribution in [2.75, 3.05) is 11.9 Å². The van der Waals surface area contributed by atoms with Crippen LogP contribution in [0.15, 0.2) is 6.07 Å². The van der Waals surface area contributed by atoms with E-state index in [0.29, 0.717) is 17.2 Å². The van der Waals surface area contributed by atoms with Gasteiger partial charge in [0.05, 0.1) is 12.2 Å². The van der Waals surface area contributed by atoms with Crippen LogP contribution in [0.1, 0.15) is 48.3 Å². The van der Waals surface area contributed by atoms with E-state index in [9.17, 15) is 9.59 Å². The van der Waals surface area contributed by atoms with Gasteiger partial charge in [-0.25, -0.2) is 4.79 Å². The van der Waals surface area contributed by atoms with Gasteiger partial charge in [-0.15, -0.1) is 11.3 Å². The molecule has 0 aliphatic heterocycles. The lowest BCUT2D eigenvalue weighted by molar-refractivity contribution is -0.116. The Labute approximate surface area is 123 Å². The maximum absolute atomic E-state index is 11.9. The van der Waals surface area contributed by atoms with Gasteiger partial charge in [-0.05, 0) is 26.3 Å². The Morgan fingerprint density at radius 1 is 1.45 bits per heavy atom. The van der Waals surface area contributed by atoms with Gasteiger partial charge in [-0.1, -0.05) is 13.3 Å². The molecule has 1 rings (SSSR count). The fourth-order valence-electron chi connectivity index (χ4n) is 1.86. The normalized spacial score (nSPS) is 12.0. The Balaban J connectivity index is 2.72. The molecule has 0 radical (unpaired) electrons. The Morgan fingerprint density at radius 2 is 2.15 bits per heavy atom. The van der Waals surface area contributed by atoms with Crippen LogP contribution < -0.4 is 11.1 Å². The molecule has 1 atom stereocenters. The van der Waals surface area contributed by atoms with E-state index in [0.717, 1.165) is 17.7 Å². The first-order chi connectivity index (χ1) is 9.47. The molecule has 20 heavy (non-hydrogen) atoms. The molecule has 0 saturated heterocycles. The summed E-state index contributed by atoms with van der Waals surface area (Å²) in [7, 11) is 0. The predicted molar refractivity (Wildman–Crippen MR) is 81.1 cm³/mol. The first kappa shape index (κ1) is 16.7. The van der Waals surface area contributed by atoms with E-state index in [4.69, 9.17) is 10.5 Å². The number of nitrogens with one attached hydrogen (secondary N) is 1. The molecule has 1 unspecified atom stereocenters. The van der Waals surface area contributed by atoms with Crippen LogP contribution in [0.4, 0.5) is 5.00 Å². The summed E-state index contributed by atoms with van der Waals surface area (Å²) < 4.78 is 4.97. The SMILES string of the molecule is CCCC(N)CC(=O)Nc1sc(C)cc1C(=O)OCC. The third-order valence-electron chi connectivity index (χ3n) is 2.71. The van der Waals surface area contributed by atoms with Gasteiger partial charge in [-0.2, -0.15) is 0 Å². The summed E-state index contributed by atoms with van der Waals surface area (Å²) in [6.45, 7) is 5.97. The van der Waals surface area contributed by atoms with E-state index in [-0.39, 0.29) is 18.4 Å². The standard InChI is InChI=1S/C14H22N2O3S/c1-4-6-10(15)8-12(17)16-13-11(7-9(3)20-13)14(18)19-5-2/h7,10H,4-6,8,15H2,1-3H3,(H,16,17). The number of ether oxygens (including phenoxy) is 1. The van der Waals surface area contributed by atoms with Gasteiger partial charge in [0.25, 0.3) is 0 Å². The summed E-state index contributed by atoms with van der Waals surface area (Å²) in [5, 5.41) is 3.30. The van der Waals surface area contributed by atoms with Gasteiger partial charge < -0.3 is 15.8 Å². The van der Waals surface area contributed by atoms with Crippen molar-refractivity contribution < 1.29 is 14.3 Å². The number of hydrogen-bond acceptors (Lipinski definition) is 5. The summed E-state index contributed by atoms with van der Waals surface area (Å²) in [6, 6.07) is 1.58. The highest BCUT2D eigenvalue weighted by atomic mass is 32.1. The van der Waals surface area contributed by atoms with E-state index < -0.39 is 5.97 Å². The molecule has 0 aliphatic rings.